The molecule has 3 amide bonds. The fourth-order valence-corrected chi connectivity index (χ4v) is 1.96. The number of urea groups is 1. The van der Waals surface area contributed by atoms with Crippen LogP contribution in [-0.2, 0) is 9.53 Å². The normalized spacial score (nSPS) is 10.3. The number of nitrogens with two attached hydrogens (primary N) is 1. The van der Waals surface area contributed by atoms with Gasteiger partial charge in [0.05, 0.1) is 16.3 Å². The Balaban J connectivity index is 2.53. The molecule has 9 heteroatoms. The third-order valence-electron chi connectivity index (χ3n) is 2.57. The molecule has 0 spiro atoms. The Morgan fingerprint density at radius 3 is 2.52 bits per heavy atom. The van der Waals surface area contributed by atoms with Gasteiger partial charge in [-0.05, 0) is 18.1 Å². The second-order valence-electron chi connectivity index (χ2n) is 5.08. The molecule has 0 fully saturated rings. The number of rotatable bonds is 5. The standard InChI is InChI=1S/C14H17Cl2N3O4/c1-7(2)5-18-14(22)19-11(20)6-23-13(21)9-3-8(15)4-10(16)12(9)17/h3-4,7H,5-6,17H2,1-2H3,(H2,18,19,20,22). The van der Waals surface area contributed by atoms with Gasteiger partial charge in [-0.25, -0.2) is 9.59 Å². The quantitative estimate of drug-likeness (QED) is 0.549. The minimum Gasteiger partial charge on any atom is -0.452 e. The topological polar surface area (TPSA) is 111 Å². The van der Waals surface area contributed by atoms with E-state index in [1.54, 1.807) is 0 Å². The zero-order chi connectivity index (χ0) is 17.6. The largest absolute Gasteiger partial charge is 0.452 e. The molecule has 0 aliphatic carbocycles. The number of amides is 3. The molecule has 0 aliphatic rings. The van der Waals surface area contributed by atoms with Crippen LogP contribution in [0.15, 0.2) is 12.1 Å². The number of hydrogen-bond donors (Lipinski definition) is 3. The summed E-state index contributed by atoms with van der Waals surface area (Å²) >= 11 is 11.6. The van der Waals surface area contributed by atoms with Crippen molar-refractivity contribution in [3.63, 3.8) is 0 Å². The fraction of sp³-hybridized carbons (Fsp3) is 0.357. The SMILES string of the molecule is CC(C)CNC(=O)NC(=O)COC(=O)c1cc(Cl)cc(Cl)c1N. The van der Waals surface area contributed by atoms with E-state index in [2.05, 4.69) is 5.32 Å². The Bertz CT molecular complexity index is 620. The first-order valence-electron chi connectivity index (χ1n) is 6.70. The van der Waals surface area contributed by atoms with Gasteiger partial charge in [-0.1, -0.05) is 37.0 Å². The van der Waals surface area contributed by atoms with Gasteiger partial charge in [0.1, 0.15) is 0 Å². The molecule has 0 radical (unpaired) electrons. The molecule has 126 valence electrons. The summed E-state index contributed by atoms with van der Waals surface area (Å²) in [4.78, 5) is 34.8. The Labute approximate surface area is 143 Å². The van der Waals surface area contributed by atoms with E-state index >= 15 is 0 Å². The maximum atomic E-state index is 11.9. The van der Waals surface area contributed by atoms with Gasteiger partial charge in [-0.15, -0.1) is 0 Å². The number of benzene rings is 1. The van der Waals surface area contributed by atoms with E-state index in [0.717, 1.165) is 0 Å². The van der Waals surface area contributed by atoms with Gasteiger partial charge in [0.2, 0.25) is 0 Å². The molecular weight excluding hydrogens is 345 g/mol. The summed E-state index contributed by atoms with van der Waals surface area (Å²) in [7, 11) is 0. The van der Waals surface area contributed by atoms with Crippen LogP contribution in [0.5, 0.6) is 0 Å². The predicted molar refractivity (Wildman–Crippen MR) is 87.5 cm³/mol. The maximum absolute atomic E-state index is 11.9. The van der Waals surface area contributed by atoms with Gasteiger partial charge in [-0.2, -0.15) is 0 Å². The van der Waals surface area contributed by atoms with Crippen molar-refractivity contribution in [1.82, 2.24) is 10.6 Å². The molecule has 23 heavy (non-hydrogen) atoms. The van der Waals surface area contributed by atoms with Gasteiger partial charge in [-0.3, -0.25) is 10.1 Å². The van der Waals surface area contributed by atoms with Gasteiger partial charge in [0, 0.05) is 11.6 Å². The second kappa shape index (κ2) is 8.59. The van der Waals surface area contributed by atoms with Gasteiger partial charge >= 0.3 is 12.0 Å². The third-order valence-corrected chi connectivity index (χ3v) is 3.10. The van der Waals surface area contributed by atoms with Crippen LogP contribution in [0.1, 0.15) is 24.2 Å². The van der Waals surface area contributed by atoms with Gasteiger partial charge < -0.3 is 15.8 Å². The van der Waals surface area contributed by atoms with Crippen LogP contribution >= 0.6 is 23.2 Å². The minimum atomic E-state index is -0.871. The van der Waals surface area contributed by atoms with E-state index in [9.17, 15) is 14.4 Å². The van der Waals surface area contributed by atoms with Crippen molar-refractivity contribution in [3.8, 4) is 0 Å². The van der Waals surface area contributed by atoms with E-state index in [0.29, 0.717) is 6.54 Å². The van der Waals surface area contributed by atoms with Crippen molar-refractivity contribution in [3.05, 3.63) is 27.7 Å². The van der Waals surface area contributed by atoms with Crippen molar-refractivity contribution in [2.24, 2.45) is 5.92 Å². The van der Waals surface area contributed by atoms with Gasteiger partial charge in [0.25, 0.3) is 5.91 Å². The molecule has 0 aromatic heterocycles. The maximum Gasteiger partial charge on any atom is 0.340 e. The first kappa shape index (κ1) is 19.1. The van der Waals surface area contributed by atoms with E-state index in [-0.39, 0.29) is 27.2 Å². The number of esters is 1. The molecule has 0 saturated heterocycles. The molecule has 0 unspecified atom stereocenters. The van der Waals surface area contributed by atoms with Crippen molar-refractivity contribution >= 4 is 46.8 Å². The number of anilines is 1. The summed E-state index contributed by atoms with van der Waals surface area (Å²) in [6.45, 7) is 3.59. The fourth-order valence-electron chi connectivity index (χ4n) is 1.47. The van der Waals surface area contributed by atoms with Gasteiger partial charge in [0.15, 0.2) is 6.61 Å². The smallest absolute Gasteiger partial charge is 0.340 e. The summed E-state index contributed by atoms with van der Waals surface area (Å²) in [6, 6.07) is 1.99. The molecular formula is C14H17Cl2N3O4. The number of nitrogen functional groups attached to an aromatic ring is 1. The van der Waals surface area contributed by atoms with E-state index in [1.165, 1.54) is 12.1 Å². The van der Waals surface area contributed by atoms with Crippen LogP contribution < -0.4 is 16.4 Å². The second-order valence-corrected chi connectivity index (χ2v) is 5.92. The minimum absolute atomic E-state index is 0.00356. The molecule has 1 aromatic rings. The van der Waals surface area contributed by atoms with Crippen molar-refractivity contribution in [2.75, 3.05) is 18.9 Å². The van der Waals surface area contributed by atoms with E-state index in [1.807, 2.05) is 19.2 Å². The molecule has 0 saturated carbocycles. The zero-order valence-corrected chi connectivity index (χ0v) is 14.1. The number of hydrogen-bond acceptors (Lipinski definition) is 5. The first-order chi connectivity index (χ1) is 10.7. The number of imide groups is 1. The van der Waals surface area contributed by atoms with Crippen LogP contribution in [-0.4, -0.2) is 31.1 Å². The lowest BCUT2D eigenvalue weighted by Crippen LogP contribution is -2.42. The lowest BCUT2D eigenvalue weighted by Gasteiger charge is -2.10. The van der Waals surface area contributed by atoms with E-state index in [4.69, 9.17) is 33.7 Å². The van der Waals surface area contributed by atoms with Crippen LogP contribution in [0.3, 0.4) is 0 Å². The highest BCUT2D eigenvalue weighted by molar-refractivity contribution is 6.37. The molecule has 0 heterocycles. The number of ether oxygens (including phenoxy) is 1. The lowest BCUT2D eigenvalue weighted by atomic mass is 10.2. The Morgan fingerprint density at radius 1 is 1.26 bits per heavy atom. The summed E-state index contributed by atoms with van der Waals surface area (Å²) in [5.74, 6) is -1.40. The van der Waals surface area contributed by atoms with Crippen LogP contribution in [0.4, 0.5) is 10.5 Å². The van der Waals surface area contributed by atoms with Crippen molar-refractivity contribution in [2.45, 2.75) is 13.8 Å². The van der Waals surface area contributed by atoms with Crippen LogP contribution in [0.2, 0.25) is 10.0 Å². The highest BCUT2D eigenvalue weighted by atomic mass is 35.5. The Morgan fingerprint density at radius 2 is 1.91 bits per heavy atom. The number of carbonyl (C=O) groups excluding carboxylic acids is 3. The third kappa shape index (κ3) is 6.33. The molecule has 1 rings (SSSR count). The highest BCUT2D eigenvalue weighted by Crippen LogP contribution is 2.27. The zero-order valence-electron chi connectivity index (χ0n) is 12.6. The molecule has 0 atom stereocenters. The number of halogens is 2. The number of carbonyl (C=O) groups is 3. The Kier molecular flexibility index (Phi) is 7.12. The summed E-state index contributed by atoms with van der Waals surface area (Å²) in [6.07, 6.45) is 0. The van der Waals surface area contributed by atoms with Crippen LogP contribution in [0.25, 0.3) is 0 Å². The summed E-state index contributed by atoms with van der Waals surface area (Å²) in [5.41, 5.74) is 5.59. The van der Waals surface area contributed by atoms with Crippen molar-refractivity contribution < 1.29 is 19.1 Å². The molecule has 7 nitrogen and oxygen atoms in total. The number of nitrogens with one attached hydrogen (secondary N) is 2. The molecule has 4 N–H and O–H groups in total. The molecule has 0 aliphatic heterocycles. The lowest BCUT2D eigenvalue weighted by molar-refractivity contribution is -0.123. The average molecular weight is 362 g/mol. The van der Waals surface area contributed by atoms with Crippen LogP contribution in [0, 0.1) is 5.92 Å². The van der Waals surface area contributed by atoms with E-state index < -0.39 is 24.5 Å². The Hall–Kier alpha value is -1.99. The molecule has 1 aromatic carbocycles. The highest BCUT2D eigenvalue weighted by Gasteiger charge is 2.17. The summed E-state index contributed by atoms with van der Waals surface area (Å²) < 4.78 is 4.78. The average Bonchev–Trinajstić information content (AvgIpc) is 2.46. The van der Waals surface area contributed by atoms with Crippen molar-refractivity contribution in [1.29, 1.82) is 0 Å². The monoisotopic (exact) mass is 361 g/mol. The molecule has 0 bridgehead atoms. The first-order valence-corrected chi connectivity index (χ1v) is 7.45. The predicted octanol–water partition coefficient (Wildman–Crippen LogP) is 2.21. The summed E-state index contributed by atoms with van der Waals surface area (Å²) in [5, 5.41) is 4.82.